The molecule has 1 rings (SSSR count). The number of carbonyl (C=O) groups excluding carboxylic acids is 4. The van der Waals surface area contributed by atoms with E-state index in [2.05, 4.69) is 15.4 Å². The van der Waals surface area contributed by atoms with Gasteiger partial charge in [0.2, 0.25) is 11.8 Å². The highest BCUT2D eigenvalue weighted by Crippen LogP contribution is 2.29. The molecule has 0 aromatic heterocycles. The van der Waals surface area contributed by atoms with Crippen molar-refractivity contribution in [2.75, 3.05) is 20.2 Å². The summed E-state index contributed by atoms with van der Waals surface area (Å²) in [6.45, 7) is 14.2. The van der Waals surface area contributed by atoms with Gasteiger partial charge in [-0.1, -0.05) is 32.0 Å². The lowest BCUT2D eigenvalue weighted by molar-refractivity contribution is -0.145. The van der Waals surface area contributed by atoms with Crippen molar-refractivity contribution in [1.29, 1.82) is 0 Å². The molecule has 0 aliphatic rings. The van der Waals surface area contributed by atoms with Crippen LogP contribution in [0.3, 0.4) is 0 Å². The van der Waals surface area contributed by atoms with E-state index in [1.165, 1.54) is 12.0 Å². The van der Waals surface area contributed by atoms with E-state index in [1.807, 2.05) is 32.0 Å². The minimum Gasteiger partial charge on any atom is -0.468 e. The molecule has 2 N–H and O–H groups in total. The summed E-state index contributed by atoms with van der Waals surface area (Å²) in [7, 11) is 1.23. The first-order valence-corrected chi connectivity index (χ1v) is 11.4. The number of nitrogens with zero attached hydrogens (tertiary/aromatic N) is 1. The lowest BCUT2D eigenvalue weighted by atomic mass is 9.93. The summed E-state index contributed by atoms with van der Waals surface area (Å²) in [5.74, 6) is -1.82. The van der Waals surface area contributed by atoms with E-state index < -0.39 is 41.6 Å². The fourth-order valence-electron chi connectivity index (χ4n) is 3.61. The molecule has 0 aliphatic carbocycles. The Labute approximate surface area is 202 Å². The highest BCUT2D eigenvalue weighted by Gasteiger charge is 2.38. The minimum absolute atomic E-state index is 0.197. The Morgan fingerprint density at radius 3 is 2.06 bits per heavy atom. The van der Waals surface area contributed by atoms with Crippen LogP contribution in [0, 0.1) is 19.8 Å². The number of amides is 3. The van der Waals surface area contributed by atoms with Gasteiger partial charge in [-0.15, -0.1) is 0 Å². The van der Waals surface area contributed by atoms with Crippen molar-refractivity contribution in [3.63, 3.8) is 0 Å². The lowest BCUT2D eigenvalue weighted by Crippen LogP contribution is -2.55. The van der Waals surface area contributed by atoms with Crippen molar-refractivity contribution < 1.29 is 28.7 Å². The van der Waals surface area contributed by atoms with E-state index in [1.54, 1.807) is 41.5 Å². The highest BCUT2D eigenvalue weighted by molar-refractivity contribution is 5.93. The molecule has 9 nitrogen and oxygen atoms in total. The maximum atomic E-state index is 13.7. The number of ether oxygens (including phenoxy) is 2. The quantitative estimate of drug-likeness (QED) is 0.529. The molecule has 0 fully saturated rings. The Hall–Kier alpha value is -3.10. The Morgan fingerprint density at radius 1 is 1.06 bits per heavy atom. The first-order chi connectivity index (χ1) is 15.7. The molecule has 1 aromatic rings. The molecule has 9 heteroatoms. The van der Waals surface area contributed by atoms with Gasteiger partial charge in [-0.2, -0.15) is 0 Å². The number of carbonyl (C=O) groups is 4. The zero-order valence-electron chi connectivity index (χ0n) is 21.8. The van der Waals surface area contributed by atoms with Crippen molar-refractivity contribution >= 4 is 23.9 Å². The minimum atomic E-state index is -1.01. The van der Waals surface area contributed by atoms with Crippen LogP contribution in [0.25, 0.3) is 0 Å². The third-order valence-corrected chi connectivity index (χ3v) is 5.24. The second kappa shape index (κ2) is 12.4. The van der Waals surface area contributed by atoms with Gasteiger partial charge in [0.1, 0.15) is 24.2 Å². The summed E-state index contributed by atoms with van der Waals surface area (Å²) in [6.07, 6.45) is -0.714. The number of hydrogen-bond donors (Lipinski definition) is 2. The van der Waals surface area contributed by atoms with E-state index in [0.29, 0.717) is 5.56 Å². The van der Waals surface area contributed by atoms with Crippen molar-refractivity contribution in [2.45, 2.75) is 73.1 Å². The van der Waals surface area contributed by atoms with E-state index in [9.17, 15) is 19.2 Å². The summed E-state index contributed by atoms with van der Waals surface area (Å²) < 4.78 is 9.96. The third-order valence-electron chi connectivity index (χ3n) is 5.24. The number of esters is 1. The van der Waals surface area contributed by atoms with Crippen LogP contribution in [0.15, 0.2) is 18.2 Å². The number of rotatable bonds is 9. The predicted octanol–water partition coefficient (Wildman–Crippen LogP) is 3.03. The molecule has 2 unspecified atom stereocenters. The van der Waals surface area contributed by atoms with Crippen molar-refractivity contribution in [3.8, 4) is 0 Å². The monoisotopic (exact) mass is 477 g/mol. The molecule has 34 heavy (non-hydrogen) atoms. The number of alkyl carbamates (subject to hydrolysis) is 1. The number of methoxy groups -OCH3 is 1. The molecule has 0 saturated carbocycles. The van der Waals surface area contributed by atoms with Crippen LogP contribution >= 0.6 is 0 Å². The van der Waals surface area contributed by atoms with Gasteiger partial charge in [-0.3, -0.25) is 14.4 Å². The highest BCUT2D eigenvalue weighted by atomic mass is 16.6. The first kappa shape index (κ1) is 28.9. The van der Waals surface area contributed by atoms with Crippen LogP contribution in [-0.2, 0) is 23.9 Å². The van der Waals surface area contributed by atoms with E-state index in [-0.39, 0.29) is 19.0 Å². The second-order valence-electron chi connectivity index (χ2n) is 9.49. The zero-order chi connectivity index (χ0) is 26.2. The van der Waals surface area contributed by atoms with Gasteiger partial charge in [0.05, 0.1) is 7.11 Å². The number of benzene rings is 1. The Bertz CT molecular complexity index is 871. The maximum absolute atomic E-state index is 13.7. The van der Waals surface area contributed by atoms with Crippen LogP contribution < -0.4 is 10.6 Å². The second-order valence-corrected chi connectivity index (χ2v) is 9.49. The predicted molar refractivity (Wildman–Crippen MR) is 129 cm³/mol. The smallest absolute Gasteiger partial charge is 0.408 e. The molecule has 0 heterocycles. The maximum Gasteiger partial charge on any atom is 0.408 e. The molecule has 0 radical (unpaired) electrons. The molecule has 2 atom stereocenters. The van der Waals surface area contributed by atoms with E-state index >= 15 is 0 Å². The van der Waals surface area contributed by atoms with Gasteiger partial charge in [-0.05, 0) is 64.2 Å². The van der Waals surface area contributed by atoms with Gasteiger partial charge < -0.3 is 25.0 Å². The van der Waals surface area contributed by atoms with Crippen LogP contribution in [0.4, 0.5) is 4.79 Å². The van der Waals surface area contributed by atoms with Gasteiger partial charge in [0, 0.05) is 6.54 Å². The van der Waals surface area contributed by atoms with Gasteiger partial charge in [0.25, 0.3) is 0 Å². The molecular weight excluding hydrogens is 438 g/mol. The van der Waals surface area contributed by atoms with Crippen LogP contribution in [0.1, 0.15) is 64.3 Å². The Kier molecular flexibility index (Phi) is 10.5. The standard InChI is InChI=1S/C25H39N3O6/c1-10-28(23(31)20(15(2)3)27-24(32)34-25(6,7)8)21(22(30)26-14-18(29)33-9)19-16(4)12-11-13-17(19)5/h11-13,15,20-21H,10,14H2,1-9H3,(H,26,30)(H,27,32). The largest absolute Gasteiger partial charge is 0.468 e. The lowest BCUT2D eigenvalue weighted by Gasteiger charge is -2.36. The van der Waals surface area contributed by atoms with Gasteiger partial charge >= 0.3 is 12.1 Å². The fourth-order valence-corrected chi connectivity index (χ4v) is 3.61. The van der Waals surface area contributed by atoms with Crippen LogP contribution in [0.2, 0.25) is 0 Å². The van der Waals surface area contributed by atoms with Crippen molar-refractivity contribution in [3.05, 3.63) is 34.9 Å². The molecule has 3 amide bonds. The van der Waals surface area contributed by atoms with Crippen molar-refractivity contribution in [1.82, 2.24) is 15.5 Å². The third kappa shape index (κ3) is 8.04. The number of aryl methyl sites for hydroxylation is 2. The number of nitrogens with one attached hydrogen (secondary N) is 2. The van der Waals surface area contributed by atoms with E-state index in [0.717, 1.165) is 11.1 Å². The number of likely N-dealkylation sites (N-methyl/N-ethyl adjacent to an activating group) is 1. The first-order valence-electron chi connectivity index (χ1n) is 11.4. The molecule has 0 bridgehead atoms. The summed E-state index contributed by atoms with van der Waals surface area (Å²) in [4.78, 5) is 52.6. The van der Waals surface area contributed by atoms with E-state index in [4.69, 9.17) is 4.74 Å². The summed E-state index contributed by atoms with van der Waals surface area (Å²) in [6, 6.07) is 3.66. The average Bonchev–Trinajstić information content (AvgIpc) is 2.73. The Balaban J connectivity index is 3.42. The summed E-state index contributed by atoms with van der Waals surface area (Å²) in [5, 5.41) is 5.24. The Morgan fingerprint density at radius 2 is 1.62 bits per heavy atom. The number of hydrogen-bond acceptors (Lipinski definition) is 6. The topological polar surface area (TPSA) is 114 Å². The average molecular weight is 478 g/mol. The van der Waals surface area contributed by atoms with Crippen LogP contribution in [-0.4, -0.2) is 60.6 Å². The van der Waals surface area contributed by atoms with Crippen molar-refractivity contribution in [2.24, 2.45) is 5.92 Å². The molecule has 0 saturated heterocycles. The summed E-state index contributed by atoms with van der Waals surface area (Å²) >= 11 is 0. The molecular formula is C25H39N3O6. The summed E-state index contributed by atoms with van der Waals surface area (Å²) in [5.41, 5.74) is 1.59. The fraction of sp³-hybridized carbons (Fsp3) is 0.600. The molecule has 0 aliphatic heterocycles. The normalized spacial score (nSPS) is 13.0. The van der Waals surface area contributed by atoms with Crippen LogP contribution in [0.5, 0.6) is 0 Å². The van der Waals surface area contributed by atoms with Gasteiger partial charge in [0.15, 0.2) is 0 Å². The molecule has 0 spiro atoms. The zero-order valence-corrected chi connectivity index (χ0v) is 21.8. The molecule has 1 aromatic carbocycles. The molecule has 190 valence electrons. The van der Waals surface area contributed by atoms with Gasteiger partial charge in [-0.25, -0.2) is 4.79 Å². The SMILES string of the molecule is CCN(C(=O)C(NC(=O)OC(C)(C)C)C(C)C)C(C(=O)NCC(=O)OC)c1c(C)cccc1C.